The van der Waals surface area contributed by atoms with Gasteiger partial charge < -0.3 is 10.5 Å². The number of ether oxygens (including phenoxy) is 1. The van der Waals surface area contributed by atoms with Crippen molar-refractivity contribution in [1.29, 1.82) is 0 Å². The summed E-state index contributed by atoms with van der Waals surface area (Å²) in [6.45, 7) is 3.01. The lowest BCUT2D eigenvalue weighted by atomic mass is 10.1. The molecule has 1 rings (SSSR count). The Morgan fingerprint density at radius 1 is 1.70 bits per heavy atom. The van der Waals surface area contributed by atoms with E-state index in [1.807, 2.05) is 0 Å². The van der Waals surface area contributed by atoms with Crippen LogP contribution in [0.25, 0.3) is 0 Å². The minimum absolute atomic E-state index is 0.337. The van der Waals surface area contributed by atoms with E-state index in [9.17, 15) is 0 Å². The first kappa shape index (κ1) is 8.02. The highest BCUT2D eigenvalue weighted by atomic mass is 16.5. The van der Waals surface area contributed by atoms with E-state index < -0.39 is 0 Å². The molecule has 0 saturated carbocycles. The molecule has 0 spiro atoms. The van der Waals surface area contributed by atoms with E-state index in [-0.39, 0.29) is 0 Å². The monoisotopic (exact) mass is 143 g/mol. The van der Waals surface area contributed by atoms with Crippen LogP contribution < -0.4 is 5.73 Å². The van der Waals surface area contributed by atoms with Gasteiger partial charge in [0.05, 0.1) is 6.10 Å². The molecule has 10 heavy (non-hydrogen) atoms. The molecule has 1 fully saturated rings. The van der Waals surface area contributed by atoms with Gasteiger partial charge in [-0.3, -0.25) is 0 Å². The molecule has 0 unspecified atom stereocenters. The summed E-state index contributed by atoms with van der Waals surface area (Å²) in [5.41, 5.74) is 5.61. The molecule has 2 heteroatoms. The van der Waals surface area contributed by atoms with Crippen molar-refractivity contribution < 1.29 is 4.74 Å². The molecule has 1 heterocycles. The molecule has 1 aliphatic heterocycles. The summed E-state index contributed by atoms with van der Waals surface area (Å²) in [6.07, 6.45) is 5.25. The van der Waals surface area contributed by atoms with Gasteiger partial charge in [-0.25, -0.2) is 0 Å². The molecule has 0 aromatic heterocycles. The predicted octanol–water partition coefficient (Wildman–Crippen LogP) is 1.29. The quantitative estimate of drug-likeness (QED) is 0.646. The number of hydrogen-bond donors (Lipinski definition) is 1. The van der Waals surface area contributed by atoms with E-state index in [0.29, 0.717) is 12.1 Å². The van der Waals surface area contributed by atoms with Crippen molar-refractivity contribution >= 4 is 0 Å². The molecular formula is C8H17NO. The molecule has 0 amide bonds. The number of hydrogen-bond acceptors (Lipinski definition) is 2. The molecule has 2 nitrogen and oxygen atoms in total. The fraction of sp³-hybridized carbons (Fsp3) is 1.00. The van der Waals surface area contributed by atoms with E-state index >= 15 is 0 Å². The van der Waals surface area contributed by atoms with E-state index in [0.717, 1.165) is 19.4 Å². The first-order valence-corrected chi connectivity index (χ1v) is 4.16. The van der Waals surface area contributed by atoms with Crippen LogP contribution in [0.4, 0.5) is 0 Å². The highest BCUT2D eigenvalue weighted by molar-refractivity contribution is 4.66. The standard InChI is InChI=1S/C8H17NO/c1-7(9)4-5-8-3-2-6-10-8/h7-8H,2-6,9H2,1H3/t7-,8+/m0/s1. The van der Waals surface area contributed by atoms with Crippen LogP contribution in [0, 0.1) is 0 Å². The molecule has 2 N–H and O–H groups in total. The second-order valence-corrected chi connectivity index (χ2v) is 3.19. The lowest BCUT2D eigenvalue weighted by molar-refractivity contribution is 0.101. The zero-order chi connectivity index (χ0) is 7.40. The van der Waals surface area contributed by atoms with Crippen molar-refractivity contribution in [2.24, 2.45) is 5.73 Å². The van der Waals surface area contributed by atoms with Gasteiger partial charge in [-0.15, -0.1) is 0 Å². The Labute approximate surface area is 62.7 Å². The Morgan fingerprint density at radius 2 is 2.50 bits per heavy atom. The Balaban J connectivity index is 2.01. The topological polar surface area (TPSA) is 35.2 Å². The first-order chi connectivity index (χ1) is 4.79. The Morgan fingerprint density at radius 3 is 3.00 bits per heavy atom. The highest BCUT2D eigenvalue weighted by Crippen LogP contribution is 2.16. The molecule has 0 aromatic carbocycles. The third-order valence-electron chi connectivity index (χ3n) is 1.97. The summed E-state index contributed by atoms with van der Waals surface area (Å²) >= 11 is 0. The van der Waals surface area contributed by atoms with Crippen molar-refractivity contribution in [2.75, 3.05) is 6.61 Å². The molecule has 60 valence electrons. The van der Waals surface area contributed by atoms with Gasteiger partial charge in [0.2, 0.25) is 0 Å². The highest BCUT2D eigenvalue weighted by Gasteiger charge is 2.14. The Hall–Kier alpha value is -0.0800. The van der Waals surface area contributed by atoms with Crippen LogP contribution >= 0.6 is 0 Å². The summed E-state index contributed by atoms with van der Waals surface area (Å²) in [7, 11) is 0. The Kier molecular flexibility index (Phi) is 3.16. The smallest absolute Gasteiger partial charge is 0.0576 e. The van der Waals surface area contributed by atoms with Gasteiger partial charge in [-0.05, 0) is 32.6 Å². The van der Waals surface area contributed by atoms with Crippen molar-refractivity contribution in [2.45, 2.75) is 44.8 Å². The van der Waals surface area contributed by atoms with Crippen molar-refractivity contribution in [3.63, 3.8) is 0 Å². The van der Waals surface area contributed by atoms with Crippen LogP contribution in [0.1, 0.15) is 32.6 Å². The maximum Gasteiger partial charge on any atom is 0.0576 e. The summed E-state index contributed by atoms with van der Waals surface area (Å²) < 4.78 is 5.45. The summed E-state index contributed by atoms with van der Waals surface area (Å²) in [5.74, 6) is 0. The third kappa shape index (κ3) is 2.67. The lowest BCUT2D eigenvalue weighted by Crippen LogP contribution is -2.17. The van der Waals surface area contributed by atoms with E-state index in [1.165, 1.54) is 12.8 Å². The zero-order valence-electron chi connectivity index (χ0n) is 6.68. The van der Waals surface area contributed by atoms with Crippen LogP contribution in [-0.2, 0) is 4.74 Å². The number of rotatable bonds is 3. The largest absolute Gasteiger partial charge is 0.378 e. The van der Waals surface area contributed by atoms with Gasteiger partial charge in [0.1, 0.15) is 0 Å². The number of nitrogens with two attached hydrogens (primary N) is 1. The van der Waals surface area contributed by atoms with Crippen LogP contribution in [0.2, 0.25) is 0 Å². The molecule has 0 radical (unpaired) electrons. The maximum absolute atomic E-state index is 5.61. The SMILES string of the molecule is C[C@H](N)CC[C@H]1CCCO1. The minimum Gasteiger partial charge on any atom is -0.378 e. The van der Waals surface area contributed by atoms with Gasteiger partial charge in [0.25, 0.3) is 0 Å². The fourth-order valence-electron chi connectivity index (χ4n) is 1.32. The van der Waals surface area contributed by atoms with Crippen LogP contribution in [0.3, 0.4) is 0 Å². The van der Waals surface area contributed by atoms with Crippen molar-refractivity contribution in [1.82, 2.24) is 0 Å². The van der Waals surface area contributed by atoms with Gasteiger partial charge in [-0.1, -0.05) is 0 Å². The zero-order valence-corrected chi connectivity index (χ0v) is 6.68. The molecule has 0 bridgehead atoms. The van der Waals surface area contributed by atoms with Gasteiger partial charge in [0, 0.05) is 12.6 Å². The van der Waals surface area contributed by atoms with Crippen molar-refractivity contribution in [3.05, 3.63) is 0 Å². The third-order valence-corrected chi connectivity index (χ3v) is 1.97. The first-order valence-electron chi connectivity index (χ1n) is 4.16. The Bertz CT molecular complexity index is 87.3. The average Bonchev–Trinajstić information content (AvgIpc) is 2.34. The summed E-state index contributed by atoms with van der Waals surface area (Å²) in [5, 5.41) is 0. The van der Waals surface area contributed by atoms with Crippen molar-refractivity contribution in [3.8, 4) is 0 Å². The normalized spacial score (nSPS) is 28.8. The summed E-state index contributed by atoms with van der Waals surface area (Å²) in [6, 6.07) is 0.337. The van der Waals surface area contributed by atoms with E-state index in [2.05, 4.69) is 6.92 Å². The van der Waals surface area contributed by atoms with Gasteiger partial charge in [-0.2, -0.15) is 0 Å². The van der Waals surface area contributed by atoms with Crippen LogP contribution in [0.15, 0.2) is 0 Å². The fourth-order valence-corrected chi connectivity index (χ4v) is 1.32. The van der Waals surface area contributed by atoms with Crippen LogP contribution in [-0.4, -0.2) is 18.8 Å². The molecule has 2 atom stereocenters. The maximum atomic E-state index is 5.61. The molecule has 0 aromatic rings. The molecule has 0 aliphatic carbocycles. The van der Waals surface area contributed by atoms with Crippen LogP contribution in [0.5, 0.6) is 0 Å². The van der Waals surface area contributed by atoms with Gasteiger partial charge in [0.15, 0.2) is 0 Å². The minimum atomic E-state index is 0.337. The van der Waals surface area contributed by atoms with E-state index in [1.54, 1.807) is 0 Å². The molecule has 1 saturated heterocycles. The summed E-state index contributed by atoms with van der Waals surface area (Å²) in [4.78, 5) is 0. The average molecular weight is 143 g/mol. The second kappa shape index (κ2) is 3.94. The molecule has 1 aliphatic rings. The predicted molar refractivity (Wildman–Crippen MR) is 41.9 cm³/mol. The second-order valence-electron chi connectivity index (χ2n) is 3.19. The van der Waals surface area contributed by atoms with Gasteiger partial charge >= 0.3 is 0 Å². The van der Waals surface area contributed by atoms with E-state index in [4.69, 9.17) is 10.5 Å². The molecular weight excluding hydrogens is 126 g/mol. The lowest BCUT2D eigenvalue weighted by Gasteiger charge is -2.10.